The van der Waals surface area contributed by atoms with Crippen LogP contribution in [0.25, 0.3) is 22.9 Å². The molecule has 0 saturated heterocycles. The number of halogens is 3. The SMILES string of the molecule is O=[N+]([O-])c1ccc(O)c(-c2n[nH]c(-c3ncccc3C(F)(F)F)n2)c1. The molecule has 0 spiro atoms. The third kappa shape index (κ3) is 3.11. The number of aromatic hydroxyl groups is 1. The number of H-pyrrole nitrogens is 1. The molecular formula is C14H8F3N5O3. The summed E-state index contributed by atoms with van der Waals surface area (Å²) in [5.74, 6) is -0.836. The Morgan fingerprint density at radius 2 is 2.00 bits per heavy atom. The fourth-order valence-electron chi connectivity index (χ4n) is 2.13. The summed E-state index contributed by atoms with van der Waals surface area (Å²) < 4.78 is 39.2. The lowest BCUT2D eigenvalue weighted by molar-refractivity contribution is -0.384. The summed E-state index contributed by atoms with van der Waals surface area (Å²) in [6.45, 7) is 0. The first-order valence-electron chi connectivity index (χ1n) is 6.70. The minimum absolute atomic E-state index is 0.0961. The number of nitrogens with zero attached hydrogens (tertiary/aromatic N) is 4. The van der Waals surface area contributed by atoms with Gasteiger partial charge in [-0.15, -0.1) is 0 Å². The first-order valence-corrected chi connectivity index (χ1v) is 6.70. The van der Waals surface area contributed by atoms with E-state index in [9.17, 15) is 28.4 Å². The number of nitro benzene ring substituents is 1. The lowest BCUT2D eigenvalue weighted by Crippen LogP contribution is -2.08. The van der Waals surface area contributed by atoms with Gasteiger partial charge in [-0.3, -0.25) is 20.2 Å². The Hall–Kier alpha value is -3.50. The summed E-state index contributed by atoms with van der Waals surface area (Å²) in [6, 6.07) is 5.15. The van der Waals surface area contributed by atoms with Crippen molar-refractivity contribution in [2.75, 3.05) is 0 Å². The van der Waals surface area contributed by atoms with Crippen LogP contribution in [0.4, 0.5) is 18.9 Å². The monoisotopic (exact) mass is 351 g/mol. The van der Waals surface area contributed by atoms with Crippen LogP contribution in [0.5, 0.6) is 5.75 Å². The molecule has 0 aliphatic heterocycles. The minimum atomic E-state index is -4.65. The number of nitro groups is 1. The Bertz CT molecular complexity index is 955. The van der Waals surface area contributed by atoms with Crippen molar-refractivity contribution in [2.24, 2.45) is 0 Å². The number of non-ortho nitro benzene ring substituents is 1. The predicted molar refractivity (Wildman–Crippen MR) is 78.4 cm³/mol. The van der Waals surface area contributed by atoms with Crippen molar-refractivity contribution in [3.05, 3.63) is 52.2 Å². The molecule has 2 heterocycles. The van der Waals surface area contributed by atoms with Crippen molar-refractivity contribution < 1.29 is 23.2 Å². The molecule has 128 valence electrons. The number of aromatic nitrogens is 4. The van der Waals surface area contributed by atoms with Crippen LogP contribution < -0.4 is 0 Å². The number of phenols is 1. The van der Waals surface area contributed by atoms with E-state index in [1.807, 2.05) is 0 Å². The van der Waals surface area contributed by atoms with E-state index in [-0.39, 0.29) is 28.6 Å². The Labute approximate surface area is 137 Å². The number of phenolic OH excluding ortho intramolecular Hbond substituents is 1. The van der Waals surface area contributed by atoms with Crippen molar-refractivity contribution in [3.8, 4) is 28.7 Å². The Morgan fingerprint density at radius 1 is 1.24 bits per heavy atom. The van der Waals surface area contributed by atoms with Crippen LogP contribution in [-0.2, 0) is 6.18 Å². The lowest BCUT2D eigenvalue weighted by atomic mass is 10.1. The second-order valence-corrected chi connectivity index (χ2v) is 4.86. The van der Waals surface area contributed by atoms with Gasteiger partial charge in [0.1, 0.15) is 11.4 Å². The molecule has 8 nitrogen and oxygen atoms in total. The van der Waals surface area contributed by atoms with E-state index in [4.69, 9.17) is 0 Å². The first kappa shape index (κ1) is 16.4. The highest BCUT2D eigenvalue weighted by Gasteiger charge is 2.35. The number of pyridine rings is 1. The molecule has 0 atom stereocenters. The normalized spacial score (nSPS) is 11.5. The van der Waals surface area contributed by atoms with E-state index in [1.165, 1.54) is 0 Å². The van der Waals surface area contributed by atoms with Gasteiger partial charge in [-0.05, 0) is 18.2 Å². The predicted octanol–water partition coefficient (Wildman–Crippen LogP) is 3.17. The zero-order chi connectivity index (χ0) is 18.2. The standard InChI is InChI=1S/C14H8F3N5O3/c15-14(16,17)9-2-1-5-18-11(9)13-19-12(20-21-13)8-6-7(22(24)25)3-4-10(8)23/h1-6,23H,(H,19,20,21). The van der Waals surface area contributed by atoms with Crippen LogP contribution >= 0.6 is 0 Å². The fourth-order valence-corrected chi connectivity index (χ4v) is 2.13. The summed E-state index contributed by atoms with van der Waals surface area (Å²) in [5.41, 5.74) is -1.91. The molecule has 0 radical (unpaired) electrons. The lowest BCUT2D eigenvalue weighted by Gasteiger charge is -2.09. The molecule has 0 fully saturated rings. The van der Waals surface area contributed by atoms with Gasteiger partial charge in [0.2, 0.25) is 0 Å². The summed E-state index contributed by atoms with van der Waals surface area (Å²) in [5, 5.41) is 26.7. The topological polar surface area (TPSA) is 118 Å². The molecule has 3 aromatic rings. The molecule has 2 aromatic heterocycles. The molecule has 3 rings (SSSR count). The smallest absolute Gasteiger partial charge is 0.418 e. The van der Waals surface area contributed by atoms with E-state index in [2.05, 4.69) is 20.2 Å². The molecule has 0 bridgehead atoms. The first-order chi connectivity index (χ1) is 11.8. The highest BCUT2D eigenvalue weighted by atomic mass is 19.4. The minimum Gasteiger partial charge on any atom is -0.507 e. The molecule has 0 saturated carbocycles. The number of aromatic amines is 1. The van der Waals surface area contributed by atoms with Crippen molar-refractivity contribution >= 4 is 5.69 Å². The van der Waals surface area contributed by atoms with Gasteiger partial charge in [0, 0.05) is 18.3 Å². The zero-order valence-electron chi connectivity index (χ0n) is 12.2. The summed E-state index contributed by atoms with van der Waals surface area (Å²) in [6.07, 6.45) is -3.48. The quantitative estimate of drug-likeness (QED) is 0.553. The van der Waals surface area contributed by atoms with Crippen molar-refractivity contribution in [3.63, 3.8) is 0 Å². The van der Waals surface area contributed by atoms with Gasteiger partial charge < -0.3 is 5.11 Å². The van der Waals surface area contributed by atoms with Crippen molar-refractivity contribution in [1.82, 2.24) is 20.2 Å². The van der Waals surface area contributed by atoms with Crippen LogP contribution in [-0.4, -0.2) is 30.2 Å². The molecule has 0 aliphatic carbocycles. The van der Waals surface area contributed by atoms with Crippen molar-refractivity contribution in [2.45, 2.75) is 6.18 Å². The van der Waals surface area contributed by atoms with E-state index >= 15 is 0 Å². The Kier molecular flexibility index (Phi) is 3.83. The van der Waals surface area contributed by atoms with E-state index in [0.717, 1.165) is 36.5 Å². The fraction of sp³-hybridized carbons (Fsp3) is 0.0714. The van der Waals surface area contributed by atoms with E-state index in [1.54, 1.807) is 0 Å². The summed E-state index contributed by atoms with van der Waals surface area (Å²) in [4.78, 5) is 17.7. The molecule has 1 aromatic carbocycles. The Morgan fingerprint density at radius 3 is 2.68 bits per heavy atom. The van der Waals surface area contributed by atoms with Gasteiger partial charge in [-0.2, -0.15) is 18.3 Å². The molecule has 2 N–H and O–H groups in total. The second-order valence-electron chi connectivity index (χ2n) is 4.86. The average Bonchev–Trinajstić information content (AvgIpc) is 3.04. The largest absolute Gasteiger partial charge is 0.507 e. The molecular weight excluding hydrogens is 343 g/mol. The maximum absolute atomic E-state index is 13.1. The summed E-state index contributed by atoms with van der Waals surface area (Å²) in [7, 11) is 0. The van der Waals surface area contributed by atoms with Crippen molar-refractivity contribution in [1.29, 1.82) is 0 Å². The van der Waals surface area contributed by atoms with Gasteiger partial charge in [-0.1, -0.05) is 0 Å². The van der Waals surface area contributed by atoms with Crippen LogP contribution in [0.15, 0.2) is 36.5 Å². The second kappa shape index (κ2) is 5.85. The van der Waals surface area contributed by atoms with E-state index in [0.29, 0.717) is 0 Å². The number of hydrogen-bond donors (Lipinski definition) is 2. The summed E-state index contributed by atoms with van der Waals surface area (Å²) >= 11 is 0. The molecule has 25 heavy (non-hydrogen) atoms. The number of benzene rings is 1. The van der Waals surface area contributed by atoms with Crippen LogP contribution in [0.1, 0.15) is 5.56 Å². The van der Waals surface area contributed by atoms with Gasteiger partial charge >= 0.3 is 6.18 Å². The number of rotatable bonds is 3. The van der Waals surface area contributed by atoms with Gasteiger partial charge in [0.05, 0.1) is 16.1 Å². The van der Waals surface area contributed by atoms with Gasteiger partial charge in [0.25, 0.3) is 5.69 Å². The van der Waals surface area contributed by atoms with Crippen LogP contribution in [0.2, 0.25) is 0 Å². The zero-order valence-corrected chi connectivity index (χ0v) is 12.2. The maximum atomic E-state index is 13.1. The molecule has 11 heteroatoms. The van der Waals surface area contributed by atoms with Gasteiger partial charge in [-0.25, -0.2) is 4.98 Å². The molecule has 0 aliphatic rings. The highest BCUT2D eigenvalue weighted by molar-refractivity contribution is 5.69. The number of hydrogen-bond acceptors (Lipinski definition) is 6. The van der Waals surface area contributed by atoms with Crippen LogP contribution in [0, 0.1) is 10.1 Å². The Balaban J connectivity index is 2.09. The number of alkyl halides is 3. The average molecular weight is 351 g/mol. The third-order valence-corrected chi connectivity index (χ3v) is 3.25. The third-order valence-electron chi connectivity index (χ3n) is 3.25. The molecule has 0 amide bonds. The molecule has 0 unspecified atom stereocenters. The highest BCUT2D eigenvalue weighted by Crippen LogP contribution is 2.36. The van der Waals surface area contributed by atoms with Gasteiger partial charge in [0.15, 0.2) is 11.6 Å². The maximum Gasteiger partial charge on any atom is 0.418 e. The van der Waals surface area contributed by atoms with Crippen LogP contribution in [0.3, 0.4) is 0 Å². The van der Waals surface area contributed by atoms with E-state index < -0.39 is 22.4 Å². The number of nitrogens with one attached hydrogen (secondary N) is 1.